The number of aromatic nitrogens is 1. The van der Waals surface area contributed by atoms with E-state index in [1.165, 1.54) is 0 Å². The zero-order chi connectivity index (χ0) is 21.0. The molecule has 0 saturated carbocycles. The Morgan fingerprint density at radius 3 is 2.45 bits per heavy atom. The van der Waals surface area contributed by atoms with Gasteiger partial charge in [0, 0.05) is 30.6 Å². The molecule has 2 aromatic rings. The first kappa shape index (κ1) is 21.4. The van der Waals surface area contributed by atoms with Crippen LogP contribution in [0.5, 0.6) is 0 Å². The molecule has 1 amide bonds. The molecule has 1 fully saturated rings. The van der Waals surface area contributed by atoms with Gasteiger partial charge in [-0.1, -0.05) is 63.2 Å². The van der Waals surface area contributed by atoms with Crippen molar-refractivity contribution < 1.29 is 9.32 Å². The van der Waals surface area contributed by atoms with Crippen LogP contribution in [0.1, 0.15) is 59.4 Å². The lowest BCUT2D eigenvalue weighted by Gasteiger charge is -2.33. The summed E-state index contributed by atoms with van der Waals surface area (Å²) in [6, 6.07) is 10.3. The summed E-state index contributed by atoms with van der Waals surface area (Å²) in [7, 11) is 0. The summed E-state index contributed by atoms with van der Waals surface area (Å²) in [5.74, 6) is 1.71. The minimum atomic E-state index is -0.0386. The molecule has 1 aliphatic heterocycles. The van der Waals surface area contributed by atoms with Gasteiger partial charge in [0.1, 0.15) is 5.69 Å². The highest BCUT2D eigenvalue weighted by Crippen LogP contribution is 2.35. The summed E-state index contributed by atoms with van der Waals surface area (Å²) in [4.78, 5) is 17.3. The molecule has 1 aromatic heterocycles. The van der Waals surface area contributed by atoms with Crippen LogP contribution in [0.4, 0.5) is 5.88 Å². The van der Waals surface area contributed by atoms with Crippen LogP contribution in [0.25, 0.3) is 11.3 Å². The highest BCUT2D eigenvalue weighted by Gasteiger charge is 2.30. The maximum absolute atomic E-state index is 13.0. The first-order chi connectivity index (χ1) is 13.9. The molecule has 5 nitrogen and oxygen atoms in total. The van der Waals surface area contributed by atoms with Gasteiger partial charge in [0.2, 0.25) is 11.8 Å². The van der Waals surface area contributed by atoms with Crippen LogP contribution in [0.15, 0.2) is 34.9 Å². The number of hydrogen-bond donors (Lipinski definition) is 0. The summed E-state index contributed by atoms with van der Waals surface area (Å²) in [5, 5.41) is 4.47. The Morgan fingerprint density at radius 1 is 1.21 bits per heavy atom. The Kier molecular flexibility index (Phi) is 6.99. The number of rotatable bonds is 7. The average molecular weight is 398 g/mol. The predicted octanol–water partition coefficient (Wildman–Crippen LogP) is 5.36. The van der Waals surface area contributed by atoms with Crippen molar-refractivity contribution in [2.45, 2.75) is 66.5 Å². The minimum Gasteiger partial charge on any atom is -0.340 e. The molecule has 29 heavy (non-hydrogen) atoms. The Bertz CT molecular complexity index is 792. The van der Waals surface area contributed by atoms with Crippen LogP contribution in [0, 0.1) is 11.8 Å². The van der Waals surface area contributed by atoms with E-state index < -0.39 is 0 Å². The zero-order valence-corrected chi connectivity index (χ0v) is 18.5. The second-order valence-corrected chi connectivity index (χ2v) is 8.73. The van der Waals surface area contributed by atoms with E-state index in [2.05, 4.69) is 43.0 Å². The van der Waals surface area contributed by atoms with Crippen molar-refractivity contribution in [2.24, 2.45) is 11.8 Å². The molecule has 0 bridgehead atoms. The Labute approximate surface area is 175 Å². The monoisotopic (exact) mass is 397 g/mol. The smallest absolute Gasteiger partial charge is 0.232 e. The Balaban J connectivity index is 2.01. The number of anilines is 1. The molecule has 2 heterocycles. The topological polar surface area (TPSA) is 49.6 Å². The second-order valence-electron chi connectivity index (χ2n) is 8.73. The van der Waals surface area contributed by atoms with Crippen LogP contribution >= 0.6 is 0 Å². The fourth-order valence-electron chi connectivity index (χ4n) is 3.90. The fourth-order valence-corrected chi connectivity index (χ4v) is 3.90. The second kappa shape index (κ2) is 9.47. The van der Waals surface area contributed by atoms with Gasteiger partial charge >= 0.3 is 0 Å². The maximum Gasteiger partial charge on any atom is 0.232 e. The molecule has 0 N–H and O–H groups in total. The predicted molar refractivity (Wildman–Crippen MR) is 118 cm³/mol. The van der Waals surface area contributed by atoms with Gasteiger partial charge in [0.25, 0.3) is 0 Å². The molecule has 5 heteroatoms. The highest BCUT2D eigenvalue weighted by molar-refractivity contribution is 5.79. The molecule has 1 saturated heterocycles. The number of carbonyl (C=O) groups excluding carboxylic acids is 1. The first-order valence-corrected chi connectivity index (χ1v) is 11.0. The van der Waals surface area contributed by atoms with Crippen LogP contribution in [0.2, 0.25) is 0 Å². The standard InChI is InChI=1S/C24H35N3O2/c1-6-19(5)27(23(28)17(2)3)16-21-22(20-10-8-7-9-11-20)25-29-24(21)26-14-12-18(4)13-15-26/h7-11,17-19H,6,12-16H2,1-5H3/t19-/m0/s1. The third-order valence-electron chi connectivity index (χ3n) is 6.11. The quantitative estimate of drug-likeness (QED) is 0.631. The summed E-state index contributed by atoms with van der Waals surface area (Å²) >= 11 is 0. The van der Waals surface area contributed by atoms with Crippen molar-refractivity contribution in [3.05, 3.63) is 35.9 Å². The SMILES string of the molecule is CC[C@H](C)N(Cc1c(-c2ccccc2)noc1N1CCC(C)CC1)C(=O)C(C)C. The van der Waals surface area contributed by atoms with E-state index >= 15 is 0 Å². The van der Waals surface area contributed by atoms with Gasteiger partial charge in [-0.05, 0) is 32.1 Å². The van der Waals surface area contributed by atoms with E-state index in [1.807, 2.05) is 36.9 Å². The van der Waals surface area contributed by atoms with Gasteiger partial charge in [0.15, 0.2) is 0 Å². The third kappa shape index (κ3) is 4.82. The first-order valence-electron chi connectivity index (χ1n) is 11.0. The average Bonchev–Trinajstić information content (AvgIpc) is 3.15. The minimum absolute atomic E-state index is 0.0386. The number of carbonyl (C=O) groups is 1. The Hall–Kier alpha value is -2.30. The number of benzene rings is 1. The van der Waals surface area contributed by atoms with Crippen molar-refractivity contribution in [3.63, 3.8) is 0 Å². The van der Waals surface area contributed by atoms with Crippen LogP contribution in [-0.4, -0.2) is 35.1 Å². The molecule has 158 valence electrons. The fraction of sp³-hybridized carbons (Fsp3) is 0.583. The molecule has 1 atom stereocenters. The third-order valence-corrected chi connectivity index (χ3v) is 6.11. The van der Waals surface area contributed by atoms with Gasteiger partial charge in [-0.15, -0.1) is 0 Å². The van der Waals surface area contributed by atoms with E-state index in [0.29, 0.717) is 6.54 Å². The van der Waals surface area contributed by atoms with Crippen LogP contribution < -0.4 is 4.90 Å². The molecule has 3 rings (SSSR count). The van der Waals surface area contributed by atoms with E-state index in [9.17, 15) is 4.79 Å². The van der Waals surface area contributed by atoms with Crippen molar-refractivity contribution in [1.29, 1.82) is 0 Å². The molecular weight excluding hydrogens is 362 g/mol. The maximum atomic E-state index is 13.0. The highest BCUT2D eigenvalue weighted by atomic mass is 16.5. The van der Waals surface area contributed by atoms with Crippen molar-refractivity contribution >= 4 is 11.8 Å². The summed E-state index contributed by atoms with van der Waals surface area (Å²) in [6.07, 6.45) is 3.22. The van der Waals surface area contributed by atoms with Crippen molar-refractivity contribution in [2.75, 3.05) is 18.0 Å². The van der Waals surface area contributed by atoms with Crippen LogP contribution in [-0.2, 0) is 11.3 Å². The number of nitrogens with zero attached hydrogens (tertiary/aromatic N) is 3. The number of piperidine rings is 1. The summed E-state index contributed by atoms with van der Waals surface area (Å²) < 4.78 is 5.92. The normalized spacial score (nSPS) is 16.3. The molecule has 0 spiro atoms. The molecule has 0 unspecified atom stereocenters. The van der Waals surface area contributed by atoms with Gasteiger partial charge in [0.05, 0.1) is 12.1 Å². The number of hydrogen-bond acceptors (Lipinski definition) is 4. The van der Waals surface area contributed by atoms with Crippen LogP contribution in [0.3, 0.4) is 0 Å². The lowest BCUT2D eigenvalue weighted by atomic mass is 9.98. The van der Waals surface area contributed by atoms with Gasteiger partial charge in [-0.3, -0.25) is 4.79 Å². The molecule has 0 aliphatic carbocycles. The summed E-state index contributed by atoms with van der Waals surface area (Å²) in [5.41, 5.74) is 2.91. The molecular formula is C24H35N3O2. The summed E-state index contributed by atoms with van der Waals surface area (Å²) in [6.45, 7) is 13.0. The van der Waals surface area contributed by atoms with Gasteiger partial charge in [-0.25, -0.2) is 0 Å². The molecule has 1 aliphatic rings. The van der Waals surface area contributed by atoms with E-state index in [4.69, 9.17) is 4.52 Å². The lowest BCUT2D eigenvalue weighted by Crippen LogP contribution is -2.41. The van der Waals surface area contributed by atoms with Gasteiger partial charge in [-0.2, -0.15) is 0 Å². The van der Waals surface area contributed by atoms with E-state index in [0.717, 1.165) is 61.0 Å². The molecule has 1 aromatic carbocycles. The largest absolute Gasteiger partial charge is 0.340 e. The molecule has 0 radical (unpaired) electrons. The zero-order valence-electron chi connectivity index (χ0n) is 18.5. The van der Waals surface area contributed by atoms with Crippen molar-refractivity contribution in [3.8, 4) is 11.3 Å². The Morgan fingerprint density at radius 2 is 1.86 bits per heavy atom. The number of amides is 1. The van der Waals surface area contributed by atoms with Crippen molar-refractivity contribution in [1.82, 2.24) is 10.1 Å². The lowest BCUT2D eigenvalue weighted by molar-refractivity contribution is -0.137. The van der Waals surface area contributed by atoms with E-state index in [1.54, 1.807) is 0 Å². The van der Waals surface area contributed by atoms with Gasteiger partial charge < -0.3 is 14.3 Å². The van der Waals surface area contributed by atoms with E-state index in [-0.39, 0.29) is 17.9 Å².